The van der Waals surface area contributed by atoms with Crippen molar-refractivity contribution in [3.05, 3.63) is 52.5 Å². The van der Waals surface area contributed by atoms with E-state index in [4.69, 9.17) is 0 Å². The maximum absolute atomic E-state index is 13.3. The smallest absolute Gasteiger partial charge is 0.244 e. The molecule has 1 aromatic carbocycles. The molecule has 0 saturated heterocycles. The average Bonchev–Trinajstić information content (AvgIpc) is 3.24. The number of hydrogen-bond acceptors (Lipinski definition) is 5. The first kappa shape index (κ1) is 17.2. The predicted molar refractivity (Wildman–Crippen MR) is 93.3 cm³/mol. The molecular formula is C17H18FN5OS. The number of aromatic nitrogens is 4. The summed E-state index contributed by atoms with van der Waals surface area (Å²) in [6, 6.07) is 9.85. The monoisotopic (exact) mass is 359 g/mol. The molecule has 0 spiro atoms. The highest BCUT2D eigenvalue weighted by molar-refractivity contribution is 7.10. The van der Waals surface area contributed by atoms with Gasteiger partial charge in [-0.1, -0.05) is 32.0 Å². The zero-order chi connectivity index (χ0) is 17.8. The third kappa shape index (κ3) is 4.27. The normalized spacial score (nSPS) is 12.3. The van der Waals surface area contributed by atoms with Gasteiger partial charge in [-0.05, 0) is 34.7 Å². The Balaban J connectivity index is 1.67. The third-order valence-electron chi connectivity index (χ3n) is 3.65. The maximum atomic E-state index is 13.3. The Morgan fingerprint density at radius 3 is 2.84 bits per heavy atom. The predicted octanol–water partition coefficient (Wildman–Crippen LogP) is 3.05. The number of tetrazole rings is 1. The van der Waals surface area contributed by atoms with E-state index in [1.165, 1.54) is 16.9 Å². The van der Waals surface area contributed by atoms with Crippen LogP contribution >= 0.6 is 11.3 Å². The zero-order valence-electron chi connectivity index (χ0n) is 13.9. The second kappa shape index (κ2) is 7.52. The number of halogens is 1. The Morgan fingerprint density at radius 2 is 2.16 bits per heavy atom. The van der Waals surface area contributed by atoms with Crippen molar-refractivity contribution < 1.29 is 9.18 Å². The van der Waals surface area contributed by atoms with Gasteiger partial charge in [-0.3, -0.25) is 4.79 Å². The minimum absolute atomic E-state index is 0.0447. The van der Waals surface area contributed by atoms with Crippen LogP contribution in [-0.4, -0.2) is 26.1 Å². The van der Waals surface area contributed by atoms with Gasteiger partial charge in [-0.2, -0.15) is 4.80 Å². The highest BCUT2D eigenvalue weighted by Crippen LogP contribution is 2.25. The number of carbonyl (C=O) groups excluding carboxylic acids is 1. The summed E-state index contributed by atoms with van der Waals surface area (Å²) in [6.45, 7) is 4.07. The molecule has 1 atom stereocenters. The quantitative estimate of drug-likeness (QED) is 0.734. The van der Waals surface area contributed by atoms with E-state index in [0.717, 1.165) is 4.88 Å². The Bertz CT molecular complexity index is 846. The second-order valence-electron chi connectivity index (χ2n) is 5.96. The van der Waals surface area contributed by atoms with Gasteiger partial charge in [-0.25, -0.2) is 4.39 Å². The summed E-state index contributed by atoms with van der Waals surface area (Å²) < 4.78 is 13.3. The van der Waals surface area contributed by atoms with Crippen molar-refractivity contribution in [1.29, 1.82) is 0 Å². The van der Waals surface area contributed by atoms with Crippen LogP contribution < -0.4 is 5.32 Å². The Hall–Kier alpha value is -2.61. The summed E-state index contributed by atoms with van der Waals surface area (Å²) in [5, 5.41) is 16.9. The number of benzene rings is 1. The van der Waals surface area contributed by atoms with Crippen LogP contribution in [0.4, 0.5) is 4.39 Å². The first-order chi connectivity index (χ1) is 12.0. The van der Waals surface area contributed by atoms with Gasteiger partial charge in [0.1, 0.15) is 12.4 Å². The minimum atomic E-state index is -0.373. The van der Waals surface area contributed by atoms with Gasteiger partial charge in [0.2, 0.25) is 11.7 Å². The van der Waals surface area contributed by atoms with Crippen LogP contribution in [0.2, 0.25) is 0 Å². The molecule has 3 rings (SSSR count). The molecule has 130 valence electrons. The fraction of sp³-hybridized carbons (Fsp3) is 0.294. The van der Waals surface area contributed by atoms with Crippen LogP contribution in [0.5, 0.6) is 0 Å². The van der Waals surface area contributed by atoms with Gasteiger partial charge in [0, 0.05) is 10.4 Å². The van der Waals surface area contributed by atoms with Crippen molar-refractivity contribution in [3.63, 3.8) is 0 Å². The van der Waals surface area contributed by atoms with E-state index in [-0.39, 0.29) is 36.1 Å². The Labute approximate surface area is 148 Å². The molecule has 0 aliphatic heterocycles. The highest BCUT2D eigenvalue weighted by Gasteiger charge is 2.20. The Kier molecular flexibility index (Phi) is 5.18. The van der Waals surface area contributed by atoms with Crippen molar-refractivity contribution in [2.45, 2.75) is 26.4 Å². The van der Waals surface area contributed by atoms with E-state index in [2.05, 4.69) is 34.6 Å². The summed E-state index contributed by atoms with van der Waals surface area (Å²) in [4.78, 5) is 14.6. The first-order valence-corrected chi connectivity index (χ1v) is 8.77. The lowest BCUT2D eigenvalue weighted by molar-refractivity contribution is -0.123. The van der Waals surface area contributed by atoms with Gasteiger partial charge in [0.25, 0.3) is 0 Å². The fourth-order valence-corrected chi connectivity index (χ4v) is 3.38. The van der Waals surface area contributed by atoms with Crippen molar-refractivity contribution in [2.75, 3.05) is 0 Å². The standard InChI is InChI=1S/C17H18FN5OS/c1-11(2)16(14-7-4-8-25-14)19-15(24)10-23-21-17(20-22-23)12-5-3-6-13(18)9-12/h3-9,11,16H,10H2,1-2H3,(H,19,24). The molecule has 3 aromatic rings. The fourth-order valence-electron chi connectivity index (χ4n) is 2.44. The zero-order valence-corrected chi connectivity index (χ0v) is 14.7. The molecule has 2 aromatic heterocycles. The first-order valence-electron chi connectivity index (χ1n) is 7.89. The summed E-state index contributed by atoms with van der Waals surface area (Å²) >= 11 is 1.61. The molecule has 6 nitrogen and oxygen atoms in total. The van der Waals surface area contributed by atoms with Crippen LogP contribution in [0, 0.1) is 11.7 Å². The Morgan fingerprint density at radius 1 is 1.32 bits per heavy atom. The topological polar surface area (TPSA) is 72.7 Å². The summed E-state index contributed by atoms with van der Waals surface area (Å²) in [7, 11) is 0. The third-order valence-corrected chi connectivity index (χ3v) is 4.61. The van der Waals surface area contributed by atoms with Crippen LogP contribution in [0.25, 0.3) is 11.4 Å². The minimum Gasteiger partial charge on any atom is -0.347 e. The maximum Gasteiger partial charge on any atom is 0.244 e. The van der Waals surface area contributed by atoms with Crippen molar-refractivity contribution in [3.8, 4) is 11.4 Å². The van der Waals surface area contributed by atoms with E-state index in [9.17, 15) is 9.18 Å². The van der Waals surface area contributed by atoms with E-state index >= 15 is 0 Å². The molecule has 1 amide bonds. The number of carbonyl (C=O) groups is 1. The van der Waals surface area contributed by atoms with E-state index in [0.29, 0.717) is 5.56 Å². The van der Waals surface area contributed by atoms with E-state index in [1.54, 1.807) is 23.5 Å². The molecule has 8 heteroatoms. The summed E-state index contributed by atoms with van der Waals surface area (Å²) in [5.74, 6) is -0.0299. The van der Waals surface area contributed by atoms with Crippen LogP contribution in [0.15, 0.2) is 41.8 Å². The van der Waals surface area contributed by atoms with Crippen molar-refractivity contribution in [2.24, 2.45) is 5.92 Å². The lowest BCUT2D eigenvalue weighted by Crippen LogP contribution is -2.34. The molecule has 0 saturated carbocycles. The number of amides is 1. The summed E-state index contributed by atoms with van der Waals surface area (Å²) in [6.07, 6.45) is 0. The summed E-state index contributed by atoms with van der Waals surface area (Å²) in [5.41, 5.74) is 0.519. The molecular weight excluding hydrogens is 341 g/mol. The van der Waals surface area contributed by atoms with Crippen LogP contribution in [-0.2, 0) is 11.3 Å². The SMILES string of the molecule is CC(C)C(NC(=O)Cn1nnc(-c2cccc(F)c2)n1)c1cccs1. The molecule has 0 fully saturated rings. The average molecular weight is 359 g/mol. The van der Waals surface area contributed by atoms with Gasteiger partial charge >= 0.3 is 0 Å². The molecule has 25 heavy (non-hydrogen) atoms. The van der Waals surface area contributed by atoms with Gasteiger partial charge in [0.15, 0.2) is 0 Å². The van der Waals surface area contributed by atoms with Crippen molar-refractivity contribution >= 4 is 17.2 Å². The number of nitrogens with one attached hydrogen (secondary N) is 1. The van der Waals surface area contributed by atoms with Gasteiger partial charge < -0.3 is 5.32 Å². The van der Waals surface area contributed by atoms with Crippen LogP contribution in [0.3, 0.4) is 0 Å². The number of nitrogens with zero attached hydrogens (tertiary/aromatic N) is 4. The molecule has 1 unspecified atom stereocenters. The second-order valence-corrected chi connectivity index (χ2v) is 6.94. The number of hydrogen-bond donors (Lipinski definition) is 1. The van der Waals surface area contributed by atoms with E-state index in [1.807, 2.05) is 17.5 Å². The van der Waals surface area contributed by atoms with E-state index < -0.39 is 0 Å². The molecule has 0 aliphatic carbocycles. The van der Waals surface area contributed by atoms with Gasteiger partial charge in [0.05, 0.1) is 6.04 Å². The van der Waals surface area contributed by atoms with Crippen molar-refractivity contribution in [1.82, 2.24) is 25.5 Å². The molecule has 2 heterocycles. The lowest BCUT2D eigenvalue weighted by Gasteiger charge is -2.21. The molecule has 0 aliphatic rings. The lowest BCUT2D eigenvalue weighted by atomic mass is 10.0. The largest absolute Gasteiger partial charge is 0.347 e. The van der Waals surface area contributed by atoms with Crippen LogP contribution in [0.1, 0.15) is 24.8 Å². The molecule has 0 bridgehead atoms. The molecule has 0 radical (unpaired) electrons. The number of thiophene rings is 1. The highest BCUT2D eigenvalue weighted by atomic mass is 32.1. The number of rotatable bonds is 6. The van der Waals surface area contributed by atoms with Gasteiger partial charge in [-0.15, -0.1) is 21.5 Å². The molecule has 1 N–H and O–H groups in total.